The predicted molar refractivity (Wildman–Crippen MR) is 78.6 cm³/mol. The number of halogens is 1. The van der Waals surface area contributed by atoms with Crippen LogP contribution in [0.5, 0.6) is 0 Å². The van der Waals surface area contributed by atoms with Crippen LogP contribution in [0.2, 0.25) is 0 Å². The fourth-order valence-corrected chi connectivity index (χ4v) is 5.11. The van der Waals surface area contributed by atoms with Crippen molar-refractivity contribution in [2.45, 2.75) is 42.0 Å². The molecule has 2 saturated carbocycles. The van der Waals surface area contributed by atoms with E-state index >= 15 is 0 Å². The number of nitrogens with one attached hydrogen (secondary N) is 1. The summed E-state index contributed by atoms with van der Waals surface area (Å²) in [5.74, 6) is 1.30. The molecule has 5 heteroatoms. The van der Waals surface area contributed by atoms with E-state index in [4.69, 9.17) is 0 Å². The number of benzene rings is 1. The van der Waals surface area contributed by atoms with Gasteiger partial charge in [-0.05, 0) is 48.8 Å². The maximum atomic E-state index is 12.3. The Morgan fingerprint density at radius 2 is 1.89 bits per heavy atom. The van der Waals surface area contributed by atoms with Gasteiger partial charge in [-0.3, -0.25) is 0 Å². The van der Waals surface area contributed by atoms with Gasteiger partial charge in [0.15, 0.2) is 0 Å². The number of hydrogen-bond donors (Lipinski definition) is 1. The van der Waals surface area contributed by atoms with E-state index < -0.39 is 10.0 Å². The molecule has 0 aromatic heterocycles. The van der Waals surface area contributed by atoms with Crippen molar-refractivity contribution in [3.8, 4) is 0 Å². The van der Waals surface area contributed by atoms with E-state index in [1.54, 1.807) is 12.1 Å². The van der Waals surface area contributed by atoms with Gasteiger partial charge < -0.3 is 0 Å². The van der Waals surface area contributed by atoms with Crippen molar-refractivity contribution in [3.63, 3.8) is 0 Å². The summed E-state index contributed by atoms with van der Waals surface area (Å²) in [5, 5.41) is 0.743. The number of hydrogen-bond acceptors (Lipinski definition) is 2. The van der Waals surface area contributed by atoms with E-state index in [1.165, 1.54) is 19.3 Å². The van der Waals surface area contributed by atoms with Crippen LogP contribution in [0.3, 0.4) is 0 Å². The third-order valence-corrected chi connectivity index (χ3v) is 6.59. The summed E-state index contributed by atoms with van der Waals surface area (Å²) >= 11 is 3.36. The van der Waals surface area contributed by atoms with Crippen LogP contribution >= 0.6 is 15.9 Å². The first kappa shape index (κ1) is 13.6. The first-order valence-electron chi connectivity index (χ1n) is 6.76. The smallest absolute Gasteiger partial charge is 0.208 e. The molecule has 1 aromatic carbocycles. The molecule has 3 rings (SSSR count). The topological polar surface area (TPSA) is 46.2 Å². The fraction of sp³-hybridized carbons (Fsp3) is 0.571. The Balaban J connectivity index is 1.75. The van der Waals surface area contributed by atoms with Gasteiger partial charge in [-0.25, -0.2) is 13.1 Å². The molecule has 1 aromatic rings. The Hall–Kier alpha value is -0.390. The summed E-state index contributed by atoms with van der Waals surface area (Å²) < 4.78 is 27.6. The number of fused-ring (bicyclic) bond motifs is 2. The summed E-state index contributed by atoms with van der Waals surface area (Å²) in [4.78, 5) is 0.375. The third-order valence-electron chi connectivity index (χ3n) is 4.43. The molecule has 3 atom stereocenters. The maximum absolute atomic E-state index is 12.3. The molecule has 19 heavy (non-hydrogen) atoms. The van der Waals surface area contributed by atoms with Crippen LogP contribution in [0.1, 0.15) is 31.2 Å². The quantitative estimate of drug-likeness (QED) is 0.854. The van der Waals surface area contributed by atoms with Crippen molar-refractivity contribution in [3.05, 3.63) is 29.8 Å². The summed E-state index contributed by atoms with van der Waals surface area (Å²) in [6, 6.07) is 7.23. The molecule has 1 N–H and O–H groups in total. The summed E-state index contributed by atoms with van der Waals surface area (Å²) in [6.07, 6.45) is 4.68. The van der Waals surface area contributed by atoms with Crippen LogP contribution < -0.4 is 4.72 Å². The van der Waals surface area contributed by atoms with Crippen molar-refractivity contribution < 1.29 is 8.42 Å². The number of rotatable bonds is 4. The monoisotopic (exact) mass is 343 g/mol. The summed E-state index contributed by atoms with van der Waals surface area (Å²) in [7, 11) is -3.36. The Morgan fingerprint density at radius 1 is 1.16 bits per heavy atom. The van der Waals surface area contributed by atoms with Crippen molar-refractivity contribution in [2.75, 3.05) is 0 Å². The molecule has 2 aliphatic rings. The highest BCUT2D eigenvalue weighted by atomic mass is 79.9. The molecule has 3 unspecified atom stereocenters. The maximum Gasteiger partial charge on any atom is 0.240 e. The van der Waals surface area contributed by atoms with Crippen molar-refractivity contribution in [1.29, 1.82) is 0 Å². The molecule has 0 aliphatic heterocycles. The van der Waals surface area contributed by atoms with Crippen molar-refractivity contribution in [1.82, 2.24) is 4.72 Å². The Labute approximate surface area is 123 Å². The standard InChI is InChI=1S/C14H18BrNO2S/c15-9-10-2-5-13(6-3-10)19(17,18)16-14-8-11-1-4-12(14)7-11/h2-3,5-6,11-12,14,16H,1,4,7-9H2. The minimum atomic E-state index is -3.36. The van der Waals surface area contributed by atoms with Crippen LogP contribution in [0.15, 0.2) is 29.2 Å². The zero-order valence-corrected chi connectivity index (χ0v) is 13.1. The van der Waals surface area contributed by atoms with E-state index in [0.717, 1.165) is 23.2 Å². The average molecular weight is 344 g/mol. The predicted octanol–water partition coefficient (Wildman–Crippen LogP) is 3.05. The normalized spacial score (nSPS) is 29.8. The van der Waals surface area contributed by atoms with Crippen LogP contribution in [0, 0.1) is 11.8 Å². The number of alkyl halides is 1. The Bertz CT molecular complexity index is 555. The van der Waals surface area contributed by atoms with E-state index in [0.29, 0.717) is 10.8 Å². The lowest BCUT2D eigenvalue weighted by molar-refractivity contribution is 0.390. The highest BCUT2D eigenvalue weighted by Crippen LogP contribution is 2.44. The first-order chi connectivity index (χ1) is 9.08. The van der Waals surface area contributed by atoms with Crippen molar-refractivity contribution in [2.24, 2.45) is 11.8 Å². The van der Waals surface area contributed by atoms with Crippen LogP contribution in [-0.4, -0.2) is 14.5 Å². The molecule has 0 spiro atoms. The fourth-order valence-electron chi connectivity index (χ4n) is 3.41. The van der Waals surface area contributed by atoms with Gasteiger partial charge >= 0.3 is 0 Å². The van der Waals surface area contributed by atoms with E-state index in [1.807, 2.05) is 12.1 Å². The Morgan fingerprint density at radius 3 is 2.42 bits per heavy atom. The molecule has 0 saturated heterocycles. The van der Waals surface area contributed by atoms with Gasteiger partial charge in [-0.2, -0.15) is 0 Å². The highest BCUT2D eigenvalue weighted by Gasteiger charge is 2.41. The van der Waals surface area contributed by atoms with Gasteiger partial charge in [0, 0.05) is 11.4 Å². The van der Waals surface area contributed by atoms with Gasteiger partial charge in [0.05, 0.1) is 4.90 Å². The molecular formula is C14H18BrNO2S. The van der Waals surface area contributed by atoms with Crippen molar-refractivity contribution >= 4 is 26.0 Å². The zero-order valence-electron chi connectivity index (χ0n) is 10.7. The Kier molecular flexibility index (Phi) is 3.71. The second-order valence-corrected chi connectivity index (χ2v) is 7.95. The van der Waals surface area contributed by atoms with Gasteiger partial charge in [0.25, 0.3) is 0 Å². The zero-order chi connectivity index (χ0) is 13.5. The van der Waals surface area contributed by atoms with Gasteiger partial charge in [-0.1, -0.05) is 34.5 Å². The van der Waals surface area contributed by atoms with Gasteiger partial charge in [0.1, 0.15) is 0 Å². The van der Waals surface area contributed by atoms with E-state index in [-0.39, 0.29) is 6.04 Å². The lowest BCUT2D eigenvalue weighted by Gasteiger charge is -2.22. The SMILES string of the molecule is O=S(=O)(NC1CC2CCC1C2)c1ccc(CBr)cc1. The molecule has 2 bridgehead atoms. The molecular weight excluding hydrogens is 326 g/mol. The molecule has 3 nitrogen and oxygen atoms in total. The van der Waals surface area contributed by atoms with Gasteiger partial charge in [0.2, 0.25) is 10.0 Å². The highest BCUT2D eigenvalue weighted by molar-refractivity contribution is 9.08. The summed E-state index contributed by atoms with van der Waals surface area (Å²) in [6.45, 7) is 0. The molecule has 2 aliphatic carbocycles. The molecule has 0 amide bonds. The largest absolute Gasteiger partial charge is 0.240 e. The van der Waals surface area contributed by atoms with Crippen LogP contribution in [0.25, 0.3) is 0 Å². The van der Waals surface area contributed by atoms with Crippen LogP contribution in [-0.2, 0) is 15.4 Å². The molecule has 0 heterocycles. The second kappa shape index (κ2) is 5.19. The minimum Gasteiger partial charge on any atom is -0.208 e. The van der Waals surface area contributed by atoms with Gasteiger partial charge in [-0.15, -0.1) is 0 Å². The minimum absolute atomic E-state index is 0.152. The molecule has 0 radical (unpaired) electrons. The molecule has 104 valence electrons. The average Bonchev–Trinajstić information content (AvgIpc) is 3.00. The van der Waals surface area contributed by atoms with Crippen LogP contribution in [0.4, 0.5) is 0 Å². The third kappa shape index (κ3) is 2.73. The second-order valence-electron chi connectivity index (χ2n) is 5.68. The lowest BCUT2D eigenvalue weighted by atomic mass is 9.96. The lowest BCUT2D eigenvalue weighted by Crippen LogP contribution is -2.38. The first-order valence-corrected chi connectivity index (χ1v) is 9.36. The summed E-state index contributed by atoms with van der Waals surface area (Å²) in [5.41, 5.74) is 1.08. The van der Waals surface area contributed by atoms with E-state index in [9.17, 15) is 8.42 Å². The molecule has 2 fully saturated rings. The van der Waals surface area contributed by atoms with E-state index in [2.05, 4.69) is 20.7 Å². The number of sulfonamides is 1.